The van der Waals surface area contributed by atoms with Gasteiger partial charge in [-0.15, -0.1) is 0 Å². The summed E-state index contributed by atoms with van der Waals surface area (Å²) in [6.45, 7) is 2.18. The molecule has 28 heavy (non-hydrogen) atoms. The second-order valence-electron chi connectivity index (χ2n) is 7.92. The molecule has 2 bridgehead atoms. The summed E-state index contributed by atoms with van der Waals surface area (Å²) in [5.74, 6) is 0.268. The fraction of sp³-hybridized carbons (Fsp3) is 0.650. The van der Waals surface area contributed by atoms with Gasteiger partial charge in [-0.05, 0) is 31.7 Å². The van der Waals surface area contributed by atoms with Crippen LogP contribution in [0.2, 0.25) is 0 Å². The van der Waals surface area contributed by atoms with Crippen molar-refractivity contribution in [3.63, 3.8) is 0 Å². The summed E-state index contributed by atoms with van der Waals surface area (Å²) in [6.07, 6.45) is 7.40. The van der Waals surface area contributed by atoms with Crippen LogP contribution < -0.4 is 4.90 Å². The molecule has 4 rings (SSSR count). The molecule has 1 saturated heterocycles. The van der Waals surface area contributed by atoms with Gasteiger partial charge in [0.25, 0.3) is 5.91 Å². The van der Waals surface area contributed by atoms with Crippen molar-refractivity contribution < 1.29 is 19.1 Å². The lowest BCUT2D eigenvalue weighted by Gasteiger charge is -2.37. The van der Waals surface area contributed by atoms with E-state index in [1.807, 2.05) is 4.90 Å². The van der Waals surface area contributed by atoms with E-state index in [1.165, 1.54) is 0 Å². The van der Waals surface area contributed by atoms with Gasteiger partial charge in [-0.25, -0.2) is 9.97 Å². The molecule has 0 N–H and O–H groups in total. The van der Waals surface area contributed by atoms with Gasteiger partial charge < -0.3 is 14.5 Å². The van der Waals surface area contributed by atoms with E-state index in [9.17, 15) is 14.4 Å². The number of hydrogen-bond acceptors (Lipinski definition) is 7. The number of nitrogens with zero attached hydrogens (tertiary/aromatic N) is 4. The Labute approximate surface area is 164 Å². The Bertz CT molecular complexity index is 717. The van der Waals surface area contributed by atoms with Crippen LogP contribution >= 0.6 is 0 Å². The highest BCUT2D eigenvalue weighted by Crippen LogP contribution is 2.40. The third-order valence-electron chi connectivity index (χ3n) is 6.19. The topological polar surface area (TPSA) is 92.7 Å². The van der Waals surface area contributed by atoms with Crippen molar-refractivity contribution in [3.8, 4) is 0 Å². The van der Waals surface area contributed by atoms with Gasteiger partial charge in [0.1, 0.15) is 5.78 Å². The predicted octanol–water partition coefficient (Wildman–Crippen LogP) is 1.06. The second kappa shape index (κ2) is 8.24. The summed E-state index contributed by atoms with van der Waals surface area (Å²) < 4.78 is 5.33. The van der Waals surface area contributed by atoms with E-state index in [-0.39, 0.29) is 36.2 Å². The van der Waals surface area contributed by atoms with Crippen molar-refractivity contribution >= 4 is 23.6 Å². The second-order valence-corrected chi connectivity index (χ2v) is 7.92. The Kier molecular flexibility index (Phi) is 5.54. The van der Waals surface area contributed by atoms with Gasteiger partial charge in [-0.1, -0.05) is 6.42 Å². The number of carbonyl (C=O) groups is 3. The number of amides is 1. The number of hydrogen-bond donors (Lipinski definition) is 0. The molecular formula is C20H26N4O4. The number of carbonyl (C=O) groups excluding carboxylic acids is 3. The van der Waals surface area contributed by atoms with Crippen molar-refractivity contribution in [1.82, 2.24) is 14.9 Å². The maximum Gasteiger partial charge on any atom is 0.309 e. The van der Waals surface area contributed by atoms with Crippen LogP contribution in [0, 0.1) is 17.8 Å². The summed E-state index contributed by atoms with van der Waals surface area (Å²) in [4.78, 5) is 49.2. The van der Waals surface area contributed by atoms with Gasteiger partial charge in [-0.2, -0.15) is 0 Å². The smallest absolute Gasteiger partial charge is 0.309 e. The molecule has 0 aromatic carbocycles. The lowest BCUT2D eigenvalue weighted by atomic mass is 9.67. The minimum Gasteiger partial charge on any atom is -0.455 e. The van der Waals surface area contributed by atoms with Crippen LogP contribution in [0.1, 0.15) is 32.1 Å². The van der Waals surface area contributed by atoms with Crippen molar-refractivity contribution in [3.05, 3.63) is 18.5 Å². The number of ketones is 1. The monoisotopic (exact) mass is 386 g/mol. The van der Waals surface area contributed by atoms with Crippen LogP contribution in [-0.2, 0) is 19.1 Å². The van der Waals surface area contributed by atoms with Gasteiger partial charge >= 0.3 is 5.97 Å². The first-order chi connectivity index (χ1) is 13.6. The van der Waals surface area contributed by atoms with Gasteiger partial charge in [-0.3, -0.25) is 14.4 Å². The SMILES string of the molecule is O=C(OCC(=O)N1CCN(c2ncccn2)CC1)C1C[C@H]2CCC[C@@H](C1)C2=O. The number of fused-ring (bicyclic) bond motifs is 2. The minimum atomic E-state index is -0.325. The molecule has 0 spiro atoms. The highest BCUT2D eigenvalue weighted by molar-refractivity contribution is 5.88. The molecule has 1 amide bonds. The maximum atomic E-state index is 12.4. The lowest BCUT2D eigenvalue weighted by Crippen LogP contribution is -2.50. The Morgan fingerprint density at radius 1 is 1.04 bits per heavy atom. The minimum absolute atomic E-state index is 0.00837. The maximum absolute atomic E-state index is 12.4. The molecule has 8 heteroatoms. The number of piperazine rings is 1. The zero-order chi connectivity index (χ0) is 19.5. The third-order valence-corrected chi connectivity index (χ3v) is 6.19. The van der Waals surface area contributed by atoms with Gasteiger partial charge in [0, 0.05) is 50.4 Å². The van der Waals surface area contributed by atoms with E-state index < -0.39 is 0 Å². The molecule has 1 unspecified atom stereocenters. The van der Waals surface area contributed by atoms with Crippen LogP contribution in [0.5, 0.6) is 0 Å². The standard InChI is InChI=1S/C20H26N4O4/c25-17(23-7-9-24(10-8-23)20-21-5-2-6-22-20)13-28-19(27)16-11-14-3-1-4-15(12-16)18(14)26/h2,5-6,14-16H,1,3-4,7-13H2/t14-,15+,16?. The number of Topliss-reactive ketones (excluding diaryl/α,β-unsaturated/α-hetero) is 1. The number of esters is 1. The Morgan fingerprint density at radius 3 is 2.32 bits per heavy atom. The summed E-state index contributed by atoms with van der Waals surface area (Å²) in [5, 5.41) is 0. The summed E-state index contributed by atoms with van der Waals surface area (Å²) in [5.41, 5.74) is 0. The van der Waals surface area contributed by atoms with E-state index >= 15 is 0 Å². The first-order valence-corrected chi connectivity index (χ1v) is 10.1. The van der Waals surface area contributed by atoms with Crippen LogP contribution in [0.25, 0.3) is 0 Å². The van der Waals surface area contributed by atoms with Crippen LogP contribution in [0.15, 0.2) is 18.5 Å². The zero-order valence-corrected chi connectivity index (χ0v) is 16.0. The number of rotatable bonds is 4. The molecule has 1 aromatic heterocycles. The highest BCUT2D eigenvalue weighted by atomic mass is 16.5. The molecule has 1 aliphatic heterocycles. The van der Waals surface area contributed by atoms with Crippen LogP contribution in [0.3, 0.4) is 0 Å². The molecule has 1 aromatic rings. The molecule has 8 nitrogen and oxygen atoms in total. The van der Waals surface area contributed by atoms with Gasteiger partial charge in [0.2, 0.25) is 5.95 Å². The molecule has 150 valence electrons. The van der Waals surface area contributed by atoms with Gasteiger partial charge in [0.15, 0.2) is 6.61 Å². The summed E-state index contributed by atoms with van der Waals surface area (Å²) in [6, 6.07) is 1.77. The van der Waals surface area contributed by atoms with E-state index in [1.54, 1.807) is 23.4 Å². The molecule has 2 aliphatic carbocycles. The van der Waals surface area contributed by atoms with E-state index in [2.05, 4.69) is 9.97 Å². The van der Waals surface area contributed by atoms with E-state index in [4.69, 9.17) is 4.74 Å². The number of ether oxygens (including phenoxy) is 1. The molecule has 2 heterocycles. The molecule has 0 radical (unpaired) electrons. The average molecular weight is 386 g/mol. The van der Waals surface area contributed by atoms with Crippen molar-refractivity contribution in [2.75, 3.05) is 37.7 Å². The third kappa shape index (κ3) is 4.00. The largest absolute Gasteiger partial charge is 0.455 e. The van der Waals surface area contributed by atoms with E-state index in [0.29, 0.717) is 50.8 Å². The first-order valence-electron chi connectivity index (χ1n) is 10.1. The summed E-state index contributed by atoms with van der Waals surface area (Å²) in [7, 11) is 0. The molecule has 3 fully saturated rings. The first kappa shape index (κ1) is 18.8. The van der Waals surface area contributed by atoms with Crippen molar-refractivity contribution in [2.45, 2.75) is 32.1 Å². The van der Waals surface area contributed by atoms with Crippen LogP contribution in [-0.4, -0.2) is 65.3 Å². The molecular weight excluding hydrogens is 360 g/mol. The lowest BCUT2D eigenvalue weighted by molar-refractivity contribution is -0.159. The van der Waals surface area contributed by atoms with Crippen LogP contribution in [0.4, 0.5) is 5.95 Å². The fourth-order valence-electron chi connectivity index (χ4n) is 4.62. The normalized spacial score (nSPS) is 27.4. The van der Waals surface area contributed by atoms with Gasteiger partial charge in [0.05, 0.1) is 5.92 Å². The zero-order valence-electron chi connectivity index (χ0n) is 16.0. The molecule has 3 aliphatic rings. The average Bonchev–Trinajstić information content (AvgIpc) is 2.72. The highest BCUT2D eigenvalue weighted by Gasteiger charge is 2.42. The van der Waals surface area contributed by atoms with Crippen molar-refractivity contribution in [1.29, 1.82) is 0 Å². The Balaban J connectivity index is 1.23. The van der Waals surface area contributed by atoms with E-state index in [0.717, 1.165) is 19.3 Å². The predicted molar refractivity (Wildman–Crippen MR) is 100 cm³/mol. The number of aromatic nitrogens is 2. The number of anilines is 1. The fourth-order valence-corrected chi connectivity index (χ4v) is 4.62. The van der Waals surface area contributed by atoms with Crippen molar-refractivity contribution in [2.24, 2.45) is 17.8 Å². The molecule has 2 saturated carbocycles. The quantitative estimate of drug-likeness (QED) is 0.715. The Hall–Kier alpha value is -2.51. The molecule has 3 atom stereocenters. The summed E-state index contributed by atoms with van der Waals surface area (Å²) >= 11 is 0. The Morgan fingerprint density at radius 2 is 1.68 bits per heavy atom.